The molecule has 1 aromatic carbocycles. The molecule has 3 nitrogen and oxygen atoms in total. The molecule has 0 spiro atoms. The van der Waals surface area contributed by atoms with Crippen LogP contribution in [-0.2, 0) is 0 Å². The number of hydrogen-bond donors (Lipinski definition) is 3. The number of rotatable bonds is 6. The molecule has 0 aliphatic heterocycles. The van der Waals surface area contributed by atoms with Gasteiger partial charge >= 0.3 is 0 Å². The maximum Gasteiger partial charge on any atom is 0.129 e. The minimum absolute atomic E-state index is 0.234. The summed E-state index contributed by atoms with van der Waals surface area (Å²) < 4.78 is 13.3. The summed E-state index contributed by atoms with van der Waals surface area (Å²) in [4.78, 5) is 0. The van der Waals surface area contributed by atoms with E-state index in [2.05, 4.69) is 5.32 Å². The Labute approximate surface area is 94.9 Å². The summed E-state index contributed by atoms with van der Waals surface area (Å²) in [6.45, 7) is 2.51. The van der Waals surface area contributed by atoms with Gasteiger partial charge in [-0.05, 0) is 12.5 Å². The molecule has 2 unspecified atom stereocenters. The first-order valence-electron chi connectivity index (χ1n) is 5.46. The lowest BCUT2D eigenvalue weighted by molar-refractivity contribution is 0.142. The van der Waals surface area contributed by atoms with Crippen molar-refractivity contribution in [1.29, 1.82) is 0 Å². The van der Waals surface area contributed by atoms with Crippen molar-refractivity contribution in [2.24, 2.45) is 0 Å². The average Bonchev–Trinajstić information content (AvgIpc) is 2.29. The second kappa shape index (κ2) is 6.58. The van der Waals surface area contributed by atoms with Gasteiger partial charge in [-0.1, -0.05) is 25.1 Å². The Morgan fingerprint density at radius 1 is 1.25 bits per heavy atom. The molecular weight excluding hydrogens is 209 g/mol. The Morgan fingerprint density at radius 3 is 2.56 bits per heavy atom. The van der Waals surface area contributed by atoms with Crippen LogP contribution >= 0.6 is 0 Å². The van der Waals surface area contributed by atoms with E-state index >= 15 is 0 Å². The van der Waals surface area contributed by atoms with Crippen molar-refractivity contribution in [2.45, 2.75) is 25.6 Å². The molecule has 0 fully saturated rings. The van der Waals surface area contributed by atoms with Gasteiger partial charge in [0.2, 0.25) is 0 Å². The van der Waals surface area contributed by atoms with E-state index in [0.29, 0.717) is 13.0 Å². The normalized spacial score (nSPS) is 14.8. The molecule has 1 aromatic rings. The fraction of sp³-hybridized carbons (Fsp3) is 0.500. The summed E-state index contributed by atoms with van der Waals surface area (Å²) in [7, 11) is 0. The molecule has 2 atom stereocenters. The first-order chi connectivity index (χ1) is 7.65. The van der Waals surface area contributed by atoms with Gasteiger partial charge in [0.25, 0.3) is 0 Å². The molecule has 0 aromatic heterocycles. The van der Waals surface area contributed by atoms with Crippen LogP contribution in [-0.4, -0.2) is 29.4 Å². The average molecular weight is 227 g/mol. The highest BCUT2D eigenvalue weighted by molar-refractivity contribution is 5.19. The molecule has 0 heterocycles. The van der Waals surface area contributed by atoms with Crippen LogP contribution in [0.3, 0.4) is 0 Å². The van der Waals surface area contributed by atoms with Crippen molar-refractivity contribution in [3.8, 4) is 0 Å². The molecule has 90 valence electrons. The minimum Gasteiger partial charge on any atom is -0.392 e. The van der Waals surface area contributed by atoms with Crippen LogP contribution in [0.1, 0.15) is 25.0 Å². The van der Waals surface area contributed by atoms with Gasteiger partial charge in [0.05, 0.1) is 12.2 Å². The molecule has 0 saturated carbocycles. The van der Waals surface area contributed by atoms with E-state index in [1.165, 1.54) is 6.07 Å². The maximum atomic E-state index is 13.3. The zero-order chi connectivity index (χ0) is 12.0. The number of aliphatic hydroxyl groups excluding tert-OH is 2. The zero-order valence-corrected chi connectivity index (χ0v) is 9.36. The van der Waals surface area contributed by atoms with Crippen molar-refractivity contribution < 1.29 is 14.6 Å². The molecule has 4 heteroatoms. The second-order valence-corrected chi connectivity index (χ2v) is 3.76. The predicted octanol–water partition coefficient (Wildman–Crippen LogP) is 1.22. The molecule has 0 bridgehead atoms. The van der Waals surface area contributed by atoms with E-state index in [1.54, 1.807) is 18.2 Å². The fourth-order valence-corrected chi connectivity index (χ4v) is 1.39. The zero-order valence-electron chi connectivity index (χ0n) is 9.36. The SMILES string of the molecule is CCC(O)CNCC(O)c1ccccc1F. The number of hydrogen-bond acceptors (Lipinski definition) is 3. The summed E-state index contributed by atoms with van der Waals surface area (Å²) >= 11 is 0. The summed E-state index contributed by atoms with van der Waals surface area (Å²) in [5.74, 6) is -0.409. The Hall–Kier alpha value is -0.970. The molecule has 3 N–H and O–H groups in total. The highest BCUT2D eigenvalue weighted by Gasteiger charge is 2.11. The van der Waals surface area contributed by atoms with E-state index in [9.17, 15) is 14.6 Å². The first-order valence-corrected chi connectivity index (χ1v) is 5.46. The number of halogens is 1. The lowest BCUT2D eigenvalue weighted by Gasteiger charge is -2.14. The summed E-state index contributed by atoms with van der Waals surface area (Å²) in [6.07, 6.45) is -0.652. The van der Waals surface area contributed by atoms with E-state index in [-0.39, 0.29) is 12.1 Å². The van der Waals surface area contributed by atoms with E-state index in [4.69, 9.17) is 0 Å². The first kappa shape index (κ1) is 13.1. The minimum atomic E-state index is -0.884. The van der Waals surface area contributed by atoms with Crippen molar-refractivity contribution >= 4 is 0 Å². The summed E-state index contributed by atoms with van der Waals surface area (Å²) in [5, 5.41) is 21.9. The number of benzene rings is 1. The number of nitrogens with one attached hydrogen (secondary N) is 1. The van der Waals surface area contributed by atoms with Crippen molar-refractivity contribution in [3.05, 3.63) is 35.6 Å². The number of aliphatic hydroxyl groups is 2. The third-order valence-electron chi connectivity index (χ3n) is 2.45. The van der Waals surface area contributed by atoms with Gasteiger partial charge in [0, 0.05) is 18.7 Å². The Kier molecular flexibility index (Phi) is 5.38. The second-order valence-electron chi connectivity index (χ2n) is 3.76. The maximum absolute atomic E-state index is 13.3. The van der Waals surface area contributed by atoms with Crippen LogP contribution in [0.25, 0.3) is 0 Å². The molecule has 16 heavy (non-hydrogen) atoms. The largest absolute Gasteiger partial charge is 0.392 e. The highest BCUT2D eigenvalue weighted by Crippen LogP contribution is 2.15. The lowest BCUT2D eigenvalue weighted by atomic mass is 10.1. The standard InChI is InChI=1S/C12H18FNO2/c1-2-9(15)7-14-8-12(16)10-5-3-4-6-11(10)13/h3-6,9,12,14-16H,2,7-8H2,1H3. The monoisotopic (exact) mass is 227 g/mol. The molecule has 0 aliphatic rings. The van der Waals surface area contributed by atoms with Gasteiger partial charge in [-0.25, -0.2) is 4.39 Å². The van der Waals surface area contributed by atoms with Gasteiger partial charge in [-0.15, -0.1) is 0 Å². The topological polar surface area (TPSA) is 52.5 Å². The van der Waals surface area contributed by atoms with Gasteiger partial charge in [-0.2, -0.15) is 0 Å². The van der Waals surface area contributed by atoms with Gasteiger partial charge in [0.1, 0.15) is 5.82 Å². The molecule has 1 rings (SSSR count). The van der Waals surface area contributed by atoms with E-state index in [0.717, 1.165) is 0 Å². The molecule has 0 radical (unpaired) electrons. The van der Waals surface area contributed by atoms with Crippen molar-refractivity contribution in [3.63, 3.8) is 0 Å². The Bertz CT molecular complexity index is 320. The van der Waals surface area contributed by atoms with Gasteiger partial charge in [-0.3, -0.25) is 0 Å². The van der Waals surface area contributed by atoms with Gasteiger partial charge < -0.3 is 15.5 Å². The highest BCUT2D eigenvalue weighted by atomic mass is 19.1. The Balaban J connectivity index is 2.41. The van der Waals surface area contributed by atoms with Crippen LogP contribution in [0.4, 0.5) is 4.39 Å². The van der Waals surface area contributed by atoms with E-state index < -0.39 is 18.0 Å². The predicted molar refractivity (Wildman–Crippen MR) is 60.5 cm³/mol. The van der Waals surface area contributed by atoms with Crippen molar-refractivity contribution in [2.75, 3.05) is 13.1 Å². The van der Waals surface area contributed by atoms with E-state index in [1.807, 2.05) is 6.92 Å². The lowest BCUT2D eigenvalue weighted by Crippen LogP contribution is -2.30. The molecule has 0 aliphatic carbocycles. The molecular formula is C12H18FNO2. The third-order valence-corrected chi connectivity index (χ3v) is 2.45. The third kappa shape index (κ3) is 3.89. The van der Waals surface area contributed by atoms with Crippen molar-refractivity contribution in [1.82, 2.24) is 5.32 Å². The fourth-order valence-electron chi connectivity index (χ4n) is 1.39. The van der Waals surface area contributed by atoms with Gasteiger partial charge in [0.15, 0.2) is 0 Å². The smallest absolute Gasteiger partial charge is 0.129 e. The molecule has 0 amide bonds. The van der Waals surface area contributed by atoms with Crippen LogP contribution in [0, 0.1) is 5.82 Å². The quantitative estimate of drug-likeness (QED) is 0.685. The van der Waals surface area contributed by atoms with Crippen LogP contribution in [0.15, 0.2) is 24.3 Å². The summed E-state index contributed by atoms with van der Waals surface area (Å²) in [6, 6.07) is 6.14. The summed E-state index contributed by atoms with van der Waals surface area (Å²) in [5.41, 5.74) is 0.279. The Morgan fingerprint density at radius 2 is 1.94 bits per heavy atom. The molecule has 0 saturated heterocycles. The van der Waals surface area contributed by atoms with Crippen LogP contribution < -0.4 is 5.32 Å². The van der Waals surface area contributed by atoms with Crippen LogP contribution in [0.2, 0.25) is 0 Å². The van der Waals surface area contributed by atoms with Crippen LogP contribution in [0.5, 0.6) is 0 Å².